The lowest BCUT2D eigenvalue weighted by atomic mass is 9.82. The van der Waals surface area contributed by atoms with Gasteiger partial charge < -0.3 is 10.2 Å². The van der Waals surface area contributed by atoms with Gasteiger partial charge in [0.2, 0.25) is 0 Å². The predicted octanol–water partition coefficient (Wildman–Crippen LogP) is 2.99. The predicted molar refractivity (Wildman–Crippen MR) is 81.9 cm³/mol. The number of anilines is 1. The third-order valence-electron chi connectivity index (χ3n) is 5.15. The van der Waals surface area contributed by atoms with E-state index < -0.39 is 0 Å². The number of fused-ring (bicyclic) bond motifs is 3. The van der Waals surface area contributed by atoms with Crippen LogP contribution >= 0.6 is 0 Å². The maximum absolute atomic E-state index is 4.09. The molecule has 2 aliphatic rings. The van der Waals surface area contributed by atoms with E-state index in [2.05, 4.69) is 45.7 Å². The van der Waals surface area contributed by atoms with Crippen LogP contribution in [0.1, 0.15) is 32.1 Å². The first-order valence-corrected chi connectivity index (χ1v) is 7.71. The van der Waals surface area contributed by atoms with E-state index in [0.717, 1.165) is 17.6 Å². The molecule has 3 heterocycles. The highest BCUT2D eigenvalue weighted by atomic mass is 15.2. The molecule has 20 heavy (non-hydrogen) atoms. The zero-order valence-electron chi connectivity index (χ0n) is 12.0. The number of H-pyrrole nitrogens is 1. The monoisotopic (exact) mass is 270 g/mol. The quantitative estimate of drug-likeness (QED) is 0.881. The Morgan fingerprint density at radius 3 is 2.85 bits per heavy atom. The zero-order chi connectivity index (χ0) is 13.5. The standard InChI is InChI=1S/C16H22N4/c1-20-14-3-2-4-15(20)9-13(8-14)18-12-5-6-16-11(7-12)10-17-19-16/h5-7,10,13-15,18H,2-4,8-9H2,1H3,(H,17,19). The van der Waals surface area contributed by atoms with Crippen LogP contribution in [0, 0.1) is 0 Å². The molecule has 1 aromatic heterocycles. The van der Waals surface area contributed by atoms with Crippen LogP contribution in [0.4, 0.5) is 5.69 Å². The second-order valence-corrected chi connectivity index (χ2v) is 6.39. The van der Waals surface area contributed by atoms with Crippen LogP contribution < -0.4 is 5.32 Å². The van der Waals surface area contributed by atoms with Gasteiger partial charge in [0, 0.05) is 29.2 Å². The smallest absolute Gasteiger partial charge is 0.0651 e. The first-order valence-electron chi connectivity index (χ1n) is 7.71. The van der Waals surface area contributed by atoms with E-state index in [9.17, 15) is 0 Å². The molecule has 2 aliphatic heterocycles. The summed E-state index contributed by atoms with van der Waals surface area (Å²) in [5.41, 5.74) is 2.34. The number of aromatic amines is 1. The summed E-state index contributed by atoms with van der Waals surface area (Å²) in [4.78, 5) is 2.61. The molecule has 4 rings (SSSR count). The van der Waals surface area contributed by atoms with Crippen molar-refractivity contribution >= 4 is 16.6 Å². The van der Waals surface area contributed by atoms with Gasteiger partial charge in [-0.3, -0.25) is 5.10 Å². The second-order valence-electron chi connectivity index (χ2n) is 6.39. The molecule has 0 saturated carbocycles. The molecule has 0 amide bonds. The average molecular weight is 270 g/mol. The Morgan fingerprint density at radius 2 is 2.05 bits per heavy atom. The fourth-order valence-electron chi connectivity index (χ4n) is 4.00. The van der Waals surface area contributed by atoms with E-state index in [0.29, 0.717) is 6.04 Å². The van der Waals surface area contributed by atoms with Gasteiger partial charge in [-0.2, -0.15) is 5.10 Å². The second kappa shape index (κ2) is 4.77. The van der Waals surface area contributed by atoms with E-state index in [-0.39, 0.29) is 0 Å². The minimum absolute atomic E-state index is 0.617. The van der Waals surface area contributed by atoms with Crippen molar-refractivity contribution in [3.8, 4) is 0 Å². The minimum Gasteiger partial charge on any atom is -0.382 e. The maximum atomic E-state index is 4.09. The van der Waals surface area contributed by atoms with Gasteiger partial charge in [0.25, 0.3) is 0 Å². The summed E-state index contributed by atoms with van der Waals surface area (Å²) >= 11 is 0. The van der Waals surface area contributed by atoms with Gasteiger partial charge >= 0.3 is 0 Å². The molecule has 4 nitrogen and oxygen atoms in total. The van der Waals surface area contributed by atoms with E-state index in [1.165, 1.54) is 43.2 Å². The Bertz CT molecular complexity index is 591. The molecule has 0 aliphatic carbocycles. The van der Waals surface area contributed by atoms with Gasteiger partial charge in [0.1, 0.15) is 0 Å². The Hall–Kier alpha value is -1.55. The molecular weight excluding hydrogens is 248 g/mol. The zero-order valence-corrected chi connectivity index (χ0v) is 12.0. The summed E-state index contributed by atoms with van der Waals surface area (Å²) in [6, 6.07) is 8.64. The lowest BCUT2D eigenvalue weighted by molar-refractivity contribution is 0.0608. The number of nitrogens with one attached hydrogen (secondary N) is 2. The summed E-state index contributed by atoms with van der Waals surface area (Å²) in [5.74, 6) is 0. The number of nitrogens with zero attached hydrogens (tertiary/aromatic N) is 2. The molecule has 1 aromatic carbocycles. The number of aromatic nitrogens is 2. The van der Waals surface area contributed by atoms with Crippen molar-refractivity contribution in [3.05, 3.63) is 24.4 Å². The summed E-state index contributed by atoms with van der Waals surface area (Å²) in [5, 5.41) is 12.0. The molecule has 2 fully saturated rings. The van der Waals surface area contributed by atoms with Crippen LogP contribution in [0.25, 0.3) is 10.9 Å². The Morgan fingerprint density at radius 1 is 1.25 bits per heavy atom. The van der Waals surface area contributed by atoms with Crippen LogP contribution in [0.2, 0.25) is 0 Å². The molecule has 2 bridgehead atoms. The van der Waals surface area contributed by atoms with Crippen LogP contribution in [0.15, 0.2) is 24.4 Å². The van der Waals surface area contributed by atoms with Gasteiger partial charge in [-0.25, -0.2) is 0 Å². The van der Waals surface area contributed by atoms with E-state index in [4.69, 9.17) is 0 Å². The molecular formula is C16H22N4. The van der Waals surface area contributed by atoms with E-state index in [1.54, 1.807) is 0 Å². The van der Waals surface area contributed by atoms with Crippen molar-refractivity contribution in [1.29, 1.82) is 0 Å². The van der Waals surface area contributed by atoms with Crippen molar-refractivity contribution in [2.24, 2.45) is 0 Å². The van der Waals surface area contributed by atoms with Gasteiger partial charge in [-0.1, -0.05) is 6.42 Å². The van der Waals surface area contributed by atoms with Crippen LogP contribution in [-0.2, 0) is 0 Å². The fourth-order valence-corrected chi connectivity index (χ4v) is 4.00. The fraction of sp³-hybridized carbons (Fsp3) is 0.562. The van der Waals surface area contributed by atoms with Crippen molar-refractivity contribution in [2.45, 2.75) is 50.2 Å². The van der Waals surface area contributed by atoms with E-state index in [1.807, 2.05) is 6.20 Å². The van der Waals surface area contributed by atoms with Crippen LogP contribution in [0.3, 0.4) is 0 Å². The average Bonchev–Trinajstić information content (AvgIpc) is 2.87. The summed E-state index contributed by atoms with van der Waals surface area (Å²) in [7, 11) is 2.31. The molecule has 106 valence electrons. The van der Waals surface area contributed by atoms with Gasteiger partial charge in [-0.15, -0.1) is 0 Å². The lowest BCUT2D eigenvalue weighted by Crippen LogP contribution is -2.52. The highest BCUT2D eigenvalue weighted by Crippen LogP contribution is 2.34. The SMILES string of the molecule is CN1C2CCCC1CC(Nc1ccc3[nH]ncc3c1)C2. The topological polar surface area (TPSA) is 44.0 Å². The van der Waals surface area contributed by atoms with Gasteiger partial charge in [0.05, 0.1) is 11.7 Å². The third-order valence-corrected chi connectivity index (χ3v) is 5.15. The molecule has 2 atom stereocenters. The molecule has 0 radical (unpaired) electrons. The van der Waals surface area contributed by atoms with Crippen molar-refractivity contribution < 1.29 is 0 Å². The third kappa shape index (κ3) is 2.08. The largest absolute Gasteiger partial charge is 0.382 e. The number of hydrogen-bond acceptors (Lipinski definition) is 3. The van der Waals surface area contributed by atoms with Crippen molar-refractivity contribution in [1.82, 2.24) is 15.1 Å². The Labute approximate surface area is 119 Å². The van der Waals surface area contributed by atoms with Gasteiger partial charge in [0.15, 0.2) is 0 Å². The number of rotatable bonds is 2. The molecule has 2 unspecified atom stereocenters. The lowest BCUT2D eigenvalue weighted by Gasteiger charge is -2.47. The minimum atomic E-state index is 0.617. The van der Waals surface area contributed by atoms with Crippen LogP contribution in [0.5, 0.6) is 0 Å². The summed E-state index contributed by atoms with van der Waals surface area (Å²) < 4.78 is 0. The molecule has 2 saturated heterocycles. The van der Waals surface area contributed by atoms with Gasteiger partial charge in [-0.05, 0) is 50.9 Å². The molecule has 0 spiro atoms. The normalized spacial score (nSPS) is 30.6. The molecule has 2 aromatic rings. The highest BCUT2D eigenvalue weighted by Gasteiger charge is 2.35. The van der Waals surface area contributed by atoms with Crippen LogP contribution in [-0.4, -0.2) is 40.3 Å². The molecule has 2 N–H and O–H groups in total. The summed E-state index contributed by atoms with van der Waals surface area (Å²) in [6.07, 6.45) is 8.59. The maximum Gasteiger partial charge on any atom is 0.0651 e. The number of benzene rings is 1. The first kappa shape index (κ1) is 12.2. The first-order chi connectivity index (χ1) is 9.79. The van der Waals surface area contributed by atoms with Crippen molar-refractivity contribution in [3.63, 3.8) is 0 Å². The number of hydrogen-bond donors (Lipinski definition) is 2. The molecule has 4 heteroatoms. The van der Waals surface area contributed by atoms with Crippen molar-refractivity contribution in [2.75, 3.05) is 12.4 Å². The number of piperidine rings is 2. The highest BCUT2D eigenvalue weighted by molar-refractivity contribution is 5.81. The Balaban J connectivity index is 1.51. The summed E-state index contributed by atoms with van der Waals surface area (Å²) in [6.45, 7) is 0. The Kier molecular flexibility index (Phi) is 2.91. The van der Waals surface area contributed by atoms with E-state index >= 15 is 0 Å².